The van der Waals surface area contributed by atoms with Crippen molar-refractivity contribution >= 4 is 5.91 Å². The molecule has 19 heavy (non-hydrogen) atoms. The van der Waals surface area contributed by atoms with Crippen molar-refractivity contribution in [3.8, 4) is 0 Å². The van der Waals surface area contributed by atoms with Crippen molar-refractivity contribution in [2.45, 2.75) is 46.0 Å². The molecule has 1 aromatic heterocycles. The lowest BCUT2D eigenvalue weighted by molar-refractivity contribution is -0.125. The van der Waals surface area contributed by atoms with Gasteiger partial charge in [-0.15, -0.1) is 0 Å². The summed E-state index contributed by atoms with van der Waals surface area (Å²) in [6, 6.07) is 0. The van der Waals surface area contributed by atoms with Crippen molar-refractivity contribution in [2.75, 3.05) is 6.54 Å². The van der Waals surface area contributed by atoms with E-state index in [2.05, 4.69) is 22.6 Å². The fraction of sp³-hybridized carbons (Fsp3) is 0.600. The minimum atomic E-state index is 0.170. The van der Waals surface area contributed by atoms with Gasteiger partial charge in [0.25, 0.3) is 0 Å². The van der Waals surface area contributed by atoms with E-state index in [0.29, 0.717) is 0 Å². The summed E-state index contributed by atoms with van der Waals surface area (Å²) in [5.41, 5.74) is 2.14. The molecule has 4 nitrogen and oxygen atoms in total. The molecular formula is C15H22N2O2. The fourth-order valence-corrected chi connectivity index (χ4v) is 2.51. The van der Waals surface area contributed by atoms with Crippen molar-refractivity contribution in [1.29, 1.82) is 0 Å². The number of hydrogen-bond acceptors (Lipinski definition) is 3. The highest BCUT2D eigenvalue weighted by Gasteiger charge is 2.18. The molecule has 0 aliphatic heterocycles. The zero-order valence-electron chi connectivity index (χ0n) is 11.7. The van der Waals surface area contributed by atoms with Crippen molar-refractivity contribution in [1.82, 2.24) is 10.5 Å². The van der Waals surface area contributed by atoms with Crippen LogP contribution >= 0.6 is 0 Å². The fourth-order valence-electron chi connectivity index (χ4n) is 2.51. The average molecular weight is 262 g/mol. The third-order valence-corrected chi connectivity index (χ3v) is 3.72. The Bertz CT molecular complexity index is 443. The highest BCUT2D eigenvalue weighted by atomic mass is 16.5. The van der Waals surface area contributed by atoms with Crippen LogP contribution in [-0.2, 0) is 11.2 Å². The number of hydrogen-bond donors (Lipinski definition) is 1. The Morgan fingerprint density at radius 3 is 2.95 bits per heavy atom. The van der Waals surface area contributed by atoms with Crippen LogP contribution in [0.5, 0.6) is 0 Å². The molecule has 1 heterocycles. The molecule has 1 aliphatic rings. The van der Waals surface area contributed by atoms with Crippen molar-refractivity contribution in [2.24, 2.45) is 5.92 Å². The monoisotopic (exact) mass is 262 g/mol. The number of aryl methyl sites for hydroxylation is 2. The first-order chi connectivity index (χ1) is 9.18. The van der Waals surface area contributed by atoms with E-state index in [1.165, 1.54) is 5.56 Å². The number of carbonyl (C=O) groups is 1. The van der Waals surface area contributed by atoms with Crippen molar-refractivity contribution in [3.63, 3.8) is 0 Å². The number of nitrogens with zero attached hydrogens (tertiary/aromatic N) is 1. The van der Waals surface area contributed by atoms with Crippen LogP contribution in [0.15, 0.2) is 16.7 Å². The number of allylic oxidation sites excluding steroid dienone is 2. The van der Waals surface area contributed by atoms with Gasteiger partial charge in [0.1, 0.15) is 5.76 Å². The van der Waals surface area contributed by atoms with Crippen LogP contribution in [0.2, 0.25) is 0 Å². The lowest BCUT2D eigenvalue weighted by Gasteiger charge is -2.17. The van der Waals surface area contributed by atoms with Crippen LogP contribution in [0, 0.1) is 19.8 Å². The third-order valence-electron chi connectivity index (χ3n) is 3.72. The van der Waals surface area contributed by atoms with Crippen LogP contribution in [0.4, 0.5) is 0 Å². The van der Waals surface area contributed by atoms with Gasteiger partial charge in [0.05, 0.1) is 5.69 Å². The zero-order valence-corrected chi connectivity index (χ0v) is 11.7. The molecule has 0 saturated heterocycles. The molecular weight excluding hydrogens is 240 g/mol. The normalized spacial score (nSPS) is 18.5. The largest absolute Gasteiger partial charge is 0.361 e. The molecule has 104 valence electrons. The molecule has 4 heteroatoms. The van der Waals surface area contributed by atoms with Gasteiger partial charge in [-0.2, -0.15) is 0 Å². The number of carbonyl (C=O) groups excluding carboxylic acids is 1. The van der Waals surface area contributed by atoms with Gasteiger partial charge in [-0.05, 0) is 46.0 Å². The molecule has 1 atom stereocenters. The van der Waals surface area contributed by atoms with Crippen LogP contribution < -0.4 is 5.32 Å². The molecule has 0 fully saturated rings. The molecule has 1 amide bonds. The summed E-state index contributed by atoms with van der Waals surface area (Å²) in [6.07, 6.45) is 8.99. The van der Waals surface area contributed by atoms with E-state index in [9.17, 15) is 4.79 Å². The Morgan fingerprint density at radius 1 is 1.47 bits per heavy atom. The molecule has 0 radical (unpaired) electrons. The number of amides is 1. The van der Waals surface area contributed by atoms with Gasteiger partial charge in [-0.3, -0.25) is 4.79 Å². The standard InChI is InChI=1S/C15H22N2O2/c1-11-14(12(2)19-17-11)9-6-10-16-15(18)13-7-4-3-5-8-13/h3-4,13H,5-10H2,1-2H3,(H,16,18)/t13-/m1/s1. The quantitative estimate of drug-likeness (QED) is 0.655. The topological polar surface area (TPSA) is 55.1 Å². The first-order valence-electron chi connectivity index (χ1n) is 7.03. The smallest absolute Gasteiger partial charge is 0.223 e. The van der Waals surface area contributed by atoms with Gasteiger partial charge in [0, 0.05) is 18.0 Å². The second kappa shape index (κ2) is 6.55. The number of rotatable bonds is 5. The van der Waals surface area contributed by atoms with Gasteiger partial charge >= 0.3 is 0 Å². The van der Waals surface area contributed by atoms with E-state index >= 15 is 0 Å². The molecule has 0 unspecified atom stereocenters. The van der Waals surface area contributed by atoms with Gasteiger partial charge in [-0.25, -0.2) is 0 Å². The Balaban J connectivity index is 1.69. The minimum absolute atomic E-state index is 0.170. The minimum Gasteiger partial charge on any atom is -0.361 e. The highest BCUT2D eigenvalue weighted by molar-refractivity contribution is 5.78. The van der Waals surface area contributed by atoms with Gasteiger partial charge in [0.15, 0.2) is 0 Å². The Kier molecular flexibility index (Phi) is 4.77. The van der Waals surface area contributed by atoms with Gasteiger partial charge in [0.2, 0.25) is 5.91 Å². The lowest BCUT2D eigenvalue weighted by atomic mass is 9.93. The lowest BCUT2D eigenvalue weighted by Crippen LogP contribution is -2.32. The highest BCUT2D eigenvalue weighted by Crippen LogP contribution is 2.18. The third kappa shape index (κ3) is 3.69. The Hall–Kier alpha value is -1.58. The molecule has 2 rings (SSSR count). The van der Waals surface area contributed by atoms with Crippen molar-refractivity contribution < 1.29 is 9.32 Å². The maximum atomic E-state index is 11.9. The van der Waals surface area contributed by atoms with Crippen molar-refractivity contribution in [3.05, 3.63) is 29.2 Å². The van der Waals surface area contributed by atoms with E-state index in [4.69, 9.17) is 4.52 Å². The van der Waals surface area contributed by atoms with E-state index in [1.807, 2.05) is 13.8 Å². The molecule has 0 saturated carbocycles. The maximum Gasteiger partial charge on any atom is 0.223 e. The van der Waals surface area contributed by atoms with E-state index in [-0.39, 0.29) is 11.8 Å². The molecule has 0 aromatic carbocycles. The first-order valence-corrected chi connectivity index (χ1v) is 7.03. The van der Waals surface area contributed by atoms with E-state index < -0.39 is 0 Å². The second-order valence-electron chi connectivity index (χ2n) is 5.18. The summed E-state index contributed by atoms with van der Waals surface area (Å²) in [5.74, 6) is 1.26. The van der Waals surface area contributed by atoms with E-state index in [0.717, 1.165) is 50.1 Å². The second-order valence-corrected chi connectivity index (χ2v) is 5.18. The zero-order chi connectivity index (χ0) is 13.7. The van der Waals surface area contributed by atoms with Crippen LogP contribution in [0.1, 0.15) is 42.7 Å². The van der Waals surface area contributed by atoms with Crippen LogP contribution in [-0.4, -0.2) is 17.6 Å². The predicted molar refractivity (Wildman–Crippen MR) is 73.8 cm³/mol. The summed E-state index contributed by atoms with van der Waals surface area (Å²) in [5, 5.41) is 6.96. The Labute approximate surface area is 114 Å². The first kappa shape index (κ1) is 13.8. The SMILES string of the molecule is Cc1noc(C)c1CCCNC(=O)[C@@H]1CC=CCC1. The molecule has 1 aliphatic carbocycles. The molecule has 1 N–H and O–H groups in total. The van der Waals surface area contributed by atoms with E-state index in [1.54, 1.807) is 0 Å². The molecule has 1 aromatic rings. The van der Waals surface area contributed by atoms with Crippen LogP contribution in [0.25, 0.3) is 0 Å². The number of aromatic nitrogens is 1. The maximum absolute atomic E-state index is 11.9. The summed E-state index contributed by atoms with van der Waals surface area (Å²) in [7, 11) is 0. The summed E-state index contributed by atoms with van der Waals surface area (Å²) < 4.78 is 5.12. The van der Waals surface area contributed by atoms with Gasteiger partial charge < -0.3 is 9.84 Å². The Morgan fingerprint density at radius 2 is 2.32 bits per heavy atom. The molecule has 0 bridgehead atoms. The number of nitrogens with one attached hydrogen (secondary N) is 1. The summed E-state index contributed by atoms with van der Waals surface area (Å²) >= 11 is 0. The van der Waals surface area contributed by atoms with Gasteiger partial charge in [-0.1, -0.05) is 17.3 Å². The summed E-state index contributed by atoms with van der Waals surface area (Å²) in [6.45, 7) is 4.62. The predicted octanol–water partition coefficient (Wildman–Crippen LogP) is 2.70. The summed E-state index contributed by atoms with van der Waals surface area (Å²) in [4.78, 5) is 11.9. The van der Waals surface area contributed by atoms with Crippen LogP contribution in [0.3, 0.4) is 0 Å². The molecule has 0 spiro atoms. The average Bonchev–Trinajstić information content (AvgIpc) is 2.75.